The summed E-state index contributed by atoms with van der Waals surface area (Å²) < 4.78 is 8.18. The zero-order valence-electron chi connectivity index (χ0n) is 13.3. The van der Waals surface area contributed by atoms with Gasteiger partial charge in [0.15, 0.2) is 10.1 Å². The Hall–Kier alpha value is -1.47. The molecule has 0 radical (unpaired) electrons. The van der Waals surface area contributed by atoms with Crippen LogP contribution in [-0.4, -0.2) is 38.5 Å². The van der Waals surface area contributed by atoms with E-state index in [1.54, 1.807) is 17.5 Å². The van der Waals surface area contributed by atoms with Gasteiger partial charge in [0.1, 0.15) is 0 Å². The van der Waals surface area contributed by atoms with Crippen molar-refractivity contribution in [3.05, 3.63) is 52.5 Å². The third-order valence-corrected chi connectivity index (χ3v) is 5.42. The van der Waals surface area contributed by atoms with Gasteiger partial charge in [-0.3, -0.25) is 14.3 Å². The van der Waals surface area contributed by atoms with E-state index in [1.807, 2.05) is 29.9 Å². The Balaban J connectivity index is 1.38. The molecule has 1 aliphatic rings. The summed E-state index contributed by atoms with van der Waals surface area (Å²) in [6, 6.07) is 3.99. The highest BCUT2D eigenvalue weighted by atomic mass is 35.5. The number of hydrogen-bond acceptors (Lipinski definition) is 5. The van der Waals surface area contributed by atoms with Gasteiger partial charge in [-0.2, -0.15) is 0 Å². The summed E-state index contributed by atoms with van der Waals surface area (Å²) in [5.41, 5.74) is 2.19. The fourth-order valence-corrected chi connectivity index (χ4v) is 4.16. The average Bonchev–Trinajstić information content (AvgIpc) is 3.17. The number of ether oxygens (including phenoxy) is 1. The molecule has 3 aromatic heterocycles. The van der Waals surface area contributed by atoms with Crippen LogP contribution in [-0.2, 0) is 17.9 Å². The van der Waals surface area contributed by atoms with Gasteiger partial charge in [-0.25, -0.2) is 4.98 Å². The molecule has 1 fully saturated rings. The number of rotatable bonds is 5. The third-order valence-electron chi connectivity index (χ3n) is 4.36. The number of imidazole rings is 1. The molecule has 1 saturated heterocycles. The number of nitrogens with zero attached hydrogens (tertiary/aromatic N) is 4. The minimum atomic E-state index is 0.253. The normalized spacial score (nSPS) is 19.1. The molecule has 126 valence electrons. The van der Waals surface area contributed by atoms with E-state index >= 15 is 0 Å². The third kappa shape index (κ3) is 3.47. The summed E-state index contributed by atoms with van der Waals surface area (Å²) in [7, 11) is 0. The Morgan fingerprint density at radius 3 is 3.25 bits per heavy atom. The SMILES string of the molecule is Clc1nc2sccn2c1CN1CCC[C@H](OCc2cccnc2)C1. The zero-order chi connectivity index (χ0) is 16.4. The Bertz CT molecular complexity index is 803. The number of pyridine rings is 1. The number of thiazole rings is 1. The average molecular weight is 363 g/mol. The van der Waals surface area contributed by atoms with Crippen molar-refractivity contribution in [3.8, 4) is 0 Å². The summed E-state index contributed by atoms with van der Waals surface area (Å²) in [4.78, 5) is 11.9. The van der Waals surface area contributed by atoms with E-state index in [2.05, 4.69) is 19.3 Å². The Morgan fingerprint density at radius 2 is 2.38 bits per heavy atom. The van der Waals surface area contributed by atoms with Crippen LogP contribution in [0, 0.1) is 0 Å². The molecular weight excluding hydrogens is 344 g/mol. The van der Waals surface area contributed by atoms with Crippen molar-refractivity contribution in [2.75, 3.05) is 13.1 Å². The second-order valence-corrected chi connectivity index (χ2v) is 7.31. The molecule has 0 N–H and O–H groups in total. The van der Waals surface area contributed by atoms with Crippen LogP contribution in [0.2, 0.25) is 5.15 Å². The van der Waals surface area contributed by atoms with E-state index in [1.165, 1.54) is 0 Å². The molecule has 24 heavy (non-hydrogen) atoms. The van der Waals surface area contributed by atoms with Gasteiger partial charge in [0.2, 0.25) is 0 Å². The highest BCUT2D eigenvalue weighted by molar-refractivity contribution is 7.15. The predicted molar refractivity (Wildman–Crippen MR) is 95.4 cm³/mol. The van der Waals surface area contributed by atoms with Crippen LogP contribution in [0.4, 0.5) is 0 Å². The Morgan fingerprint density at radius 1 is 1.42 bits per heavy atom. The Kier molecular flexibility index (Phi) is 4.80. The standard InChI is InChI=1S/C17H19ClN4OS/c18-16-15(22-7-8-24-17(22)20-16)11-21-6-2-4-14(10-21)23-12-13-3-1-5-19-9-13/h1,3,5,7-9,14H,2,4,6,10-12H2/t14-/m0/s1. The molecule has 0 aromatic carbocycles. The molecule has 0 bridgehead atoms. The van der Waals surface area contributed by atoms with E-state index in [9.17, 15) is 0 Å². The predicted octanol–water partition coefficient (Wildman–Crippen LogP) is 3.63. The monoisotopic (exact) mass is 362 g/mol. The lowest BCUT2D eigenvalue weighted by atomic mass is 10.1. The van der Waals surface area contributed by atoms with Gasteiger partial charge >= 0.3 is 0 Å². The minimum absolute atomic E-state index is 0.253. The topological polar surface area (TPSA) is 42.7 Å². The van der Waals surface area contributed by atoms with Crippen molar-refractivity contribution in [2.45, 2.75) is 32.1 Å². The van der Waals surface area contributed by atoms with Gasteiger partial charge in [0.25, 0.3) is 0 Å². The van der Waals surface area contributed by atoms with Gasteiger partial charge in [0, 0.05) is 37.1 Å². The summed E-state index contributed by atoms with van der Waals surface area (Å²) in [5.74, 6) is 0. The summed E-state index contributed by atoms with van der Waals surface area (Å²) in [5, 5.41) is 2.65. The van der Waals surface area contributed by atoms with Gasteiger partial charge < -0.3 is 4.74 Å². The molecule has 0 unspecified atom stereocenters. The first-order valence-corrected chi connectivity index (χ1v) is 9.38. The van der Waals surface area contributed by atoms with Crippen molar-refractivity contribution in [3.63, 3.8) is 0 Å². The van der Waals surface area contributed by atoms with Crippen LogP contribution in [0.1, 0.15) is 24.1 Å². The van der Waals surface area contributed by atoms with E-state index in [4.69, 9.17) is 16.3 Å². The van der Waals surface area contributed by atoms with E-state index in [-0.39, 0.29) is 6.10 Å². The van der Waals surface area contributed by atoms with Gasteiger partial charge in [-0.1, -0.05) is 17.7 Å². The van der Waals surface area contributed by atoms with Crippen molar-refractivity contribution in [1.82, 2.24) is 19.3 Å². The van der Waals surface area contributed by atoms with Crippen LogP contribution >= 0.6 is 22.9 Å². The summed E-state index contributed by atoms with van der Waals surface area (Å²) in [6.45, 7) is 3.42. The fraction of sp³-hybridized carbons (Fsp3) is 0.412. The summed E-state index contributed by atoms with van der Waals surface area (Å²) >= 11 is 7.92. The first kappa shape index (κ1) is 16.0. The summed E-state index contributed by atoms with van der Waals surface area (Å²) in [6.07, 6.45) is 8.18. The molecule has 1 atom stereocenters. The lowest BCUT2D eigenvalue weighted by molar-refractivity contribution is -0.0124. The number of fused-ring (bicyclic) bond motifs is 1. The highest BCUT2D eigenvalue weighted by Gasteiger charge is 2.23. The Labute approximate surface area is 149 Å². The van der Waals surface area contributed by atoms with Crippen molar-refractivity contribution >= 4 is 27.9 Å². The van der Waals surface area contributed by atoms with Crippen molar-refractivity contribution < 1.29 is 4.74 Å². The zero-order valence-corrected chi connectivity index (χ0v) is 14.8. The first-order valence-electron chi connectivity index (χ1n) is 8.12. The lowest BCUT2D eigenvalue weighted by Crippen LogP contribution is -2.39. The van der Waals surface area contributed by atoms with Gasteiger partial charge in [-0.15, -0.1) is 11.3 Å². The van der Waals surface area contributed by atoms with Crippen molar-refractivity contribution in [1.29, 1.82) is 0 Å². The number of likely N-dealkylation sites (tertiary alicyclic amines) is 1. The van der Waals surface area contributed by atoms with Crippen LogP contribution in [0.25, 0.3) is 4.96 Å². The smallest absolute Gasteiger partial charge is 0.195 e. The highest BCUT2D eigenvalue weighted by Crippen LogP contribution is 2.24. The molecule has 5 nitrogen and oxygen atoms in total. The molecule has 7 heteroatoms. The van der Waals surface area contributed by atoms with Crippen LogP contribution < -0.4 is 0 Å². The van der Waals surface area contributed by atoms with Gasteiger partial charge in [-0.05, 0) is 31.0 Å². The maximum atomic E-state index is 6.32. The second-order valence-electron chi connectivity index (χ2n) is 6.08. The van der Waals surface area contributed by atoms with Crippen LogP contribution in [0.3, 0.4) is 0 Å². The maximum Gasteiger partial charge on any atom is 0.195 e. The maximum absolute atomic E-state index is 6.32. The number of piperidine rings is 1. The molecule has 0 saturated carbocycles. The van der Waals surface area contributed by atoms with E-state index in [0.29, 0.717) is 11.8 Å². The number of hydrogen-bond donors (Lipinski definition) is 0. The van der Waals surface area contributed by atoms with E-state index in [0.717, 1.165) is 48.7 Å². The van der Waals surface area contributed by atoms with Gasteiger partial charge in [0.05, 0.1) is 18.4 Å². The fourth-order valence-electron chi connectivity index (χ4n) is 3.15. The molecule has 0 aliphatic carbocycles. The second kappa shape index (κ2) is 7.19. The quantitative estimate of drug-likeness (QED) is 0.695. The van der Waals surface area contributed by atoms with Crippen LogP contribution in [0.5, 0.6) is 0 Å². The van der Waals surface area contributed by atoms with Crippen molar-refractivity contribution in [2.24, 2.45) is 0 Å². The number of aromatic nitrogens is 3. The number of halogens is 1. The first-order chi connectivity index (χ1) is 11.8. The molecule has 0 amide bonds. The molecule has 4 heterocycles. The molecule has 0 spiro atoms. The molecular formula is C17H19ClN4OS. The van der Waals surface area contributed by atoms with E-state index < -0.39 is 0 Å². The largest absolute Gasteiger partial charge is 0.372 e. The lowest BCUT2D eigenvalue weighted by Gasteiger charge is -2.32. The minimum Gasteiger partial charge on any atom is -0.372 e. The molecule has 1 aliphatic heterocycles. The molecule has 4 rings (SSSR count). The van der Waals surface area contributed by atoms with Crippen LogP contribution in [0.15, 0.2) is 36.1 Å². The molecule has 3 aromatic rings.